The quantitative estimate of drug-likeness (QED) is 0.537. The monoisotopic (exact) mass is 358 g/mol. The molecule has 0 N–H and O–H groups in total. The predicted octanol–water partition coefficient (Wildman–Crippen LogP) is 6.24. The van der Waals surface area contributed by atoms with Gasteiger partial charge in [-0.2, -0.15) is 13.2 Å². The molecule has 0 spiro atoms. The minimum Gasteiger partial charge on any atom is -0.465 e. The number of benzene rings is 1. The second-order valence-electron chi connectivity index (χ2n) is 7.23. The number of alkyl halides is 3. The van der Waals surface area contributed by atoms with Crippen LogP contribution in [0, 0.1) is 5.92 Å². The highest BCUT2D eigenvalue weighted by Crippen LogP contribution is 2.43. The van der Waals surface area contributed by atoms with Gasteiger partial charge in [0.15, 0.2) is 6.29 Å². The third-order valence-corrected chi connectivity index (χ3v) is 5.42. The van der Waals surface area contributed by atoms with Crippen molar-refractivity contribution in [3.05, 3.63) is 29.8 Å². The van der Waals surface area contributed by atoms with Crippen LogP contribution >= 0.6 is 0 Å². The van der Waals surface area contributed by atoms with Crippen LogP contribution in [-0.2, 0) is 10.2 Å². The molecule has 0 aromatic heterocycles. The molecule has 5 heteroatoms. The third kappa shape index (κ3) is 5.13. The fourth-order valence-electron chi connectivity index (χ4n) is 3.32. The lowest BCUT2D eigenvalue weighted by Gasteiger charge is -2.31. The van der Waals surface area contributed by atoms with Crippen molar-refractivity contribution >= 4 is 0 Å². The molecule has 0 saturated heterocycles. The first-order valence-electron chi connectivity index (χ1n) is 9.22. The van der Waals surface area contributed by atoms with Gasteiger partial charge >= 0.3 is 6.18 Å². The first-order valence-corrected chi connectivity index (χ1v) is 9.22. The maximum Gasteiger partial charge on any atom is 0.398 e. The van der Waals surface area contributed by atoms with Gasteiger partial charge in [-0.05, 0) is 56.7 Å². The van der Waals surface area contributed by atoms with Gasteiger partial charge in [-0.15, -0.1) is 0 Å². The van der Waals surface area contributed by atoms with Crippen LogP contribution in [0.3, 0.4) is 0 Å². The Bertz CT molecular complexity index is 521. The summed E-state index contributed by atoms with van der Waals surface area (Å²) in [5.74, 6) is 1.12. The van der Waals surface area contributed by atoms with Crippen LogP contribution in [-0.4, -0.2) is 19.1 Å². The summed E-state index contributed by atoms with van der Waals surface area (Å²) in [6.07, 6.45) is 1.55. The zero-order valence-electron chi connectivity index (χ0n) is 15.4. The van der Waals surface area contributed by atoms with E-state index >= 15 is 0 Å². The van der Waals surface area contributed by atoms with Gasteiger partial charge in [0.1, 0.15) is 5.75 Å². The Hall–Kier alpha value is -1.23. The molecular formula is C20H29F3O2. The molecule has 2 rings (SSSR count). The van der Waals surface area contributed by atoms with Crippen molar-refractivity contribution in [2.24, 2.45) is 5.92 Å². The highest BCUT2D eigenvalue weighted by Gasteiger charge is 2.50. The number of halogens is 3. The topological polar surface area (TPSA) is 18.5 Å². The van der Waals surface area contributed by atoms with Gasteiger partial charge in [0.25, 0.3) is 0 Å². The van der Waals surface area contributed by atoms with E-state index in [0.29, 0.717) is 18.3 Å². The van der Waals surface area contributed by atoms with E-state index in [2.05, 4.69) is 0 Å². The molecule has 0 bridgehead atoms. The number of rotatable bonds is 7. The van der Waals surface area contributed by atoms with E-state index in [1.807, 2.05) is 6.92 Å². The van der Waals surface area contributed by atoms with E-state index in [1.165, 1.54) is 51.2 Å². The van der Waals surface area contributed by atoms with Gasteiger partial charge in [-0.25, -0.2) is 0 Å². The van der Waals surface area contributed by atoms with Crippen LogP contribution in [0.2, 0.25) is 0 Å². The first-order chi connectivity index (χ1) is 11.8. The van der Waals surface area contributed by atoms with E-state index in [4.69, 9.17) is 9.47 Å². The molecule has 2 unspecified atom stereocenters. The molecule has 1 aromatic carbocycles. The van der Waals surface area contributed by atoms with Crippen LogP contribution in [0.4, 0.5) is 13.2 Å². The summed E-state index contributed by atoms with van der Waals surface area (Å²) >= 11 is 0. The number of ether oxygens (including phenoxy) is 2. The van der Waals surface area contributed by atoms with E-state index < -0.39 is 17.9 Å². The largest absolute Gasteiger partial charge is 0.465 e. The Morgan fingerprint density at radius 1 is 1.08 bits per heavy atom. The van der Waals surface area contributed by atoms with Crippen molar-refractivity contribution in [2.75, 3.05) is 6.61 Å². The molecule has 0 aliphatic heterocycles. The SMILES string of the molecule is CCC(C)(c1ccc(OC(C)OCC2CCCCC2)cc1)C(F)(F)F. The summed E-state index contributed by atoms with van der Waals surface area (Å²) in [4.78, 5) is 0. The number of hydrogen-bond acceptors (Lipinski definition) is 2. The predicted molar refractivity (Wildman–Crippen MR) is 92.8 cm³/mol. The van der Waals surface area contributed by atoms with Gasteiger partial charge in [0.2, 0.25) is 0 Å². The summed E-state index contributed by atoms with van der Waals surface area (Å²) in [5, 5.41) is 0. The molecule has 0 amide bonds. The molecule has 1 aliphatic carbocycles. The van der Waals surface area contributed by atoms with E-state index in [-0.39, 0.29) is 12.0 Å². The lowest BCUT2D eigenvalue weighted by molar-refractivity contribution is -0.186. The van der Waals surface area contributed by atoms with Crippen LogP contribution in [0.25, 0.3) is 0 Å². The summed E-state index contributed by atoms with van der Waals surface area (Å²) in [6, 6.07) is 6.19. The molecule has 0 radical (unpaired) electrons. The highest BCUT2D eigenvalue weighted by molar-refractivity contribution is 5.33. The molecule has 25 heavy (non-hydrogen) atoms. The molecule has 1 aliphatic rings. The van der Waals surface area contributed by atoms with Gasteiger partial charge in [0, 0.05) is 0 Å². The van der Waals surface area contributed by atoms with Gasteiger partial charge in [-0.3, -0.25) is 0 Å². The average molecular weight is 358 g/mol. The van der Waals surface area contributed by atoms with Crippen LogP contribution < -0.4 is 4.74 Å². The Morgan fingerprint density at radius 2 is 1.68 bits per heavy atom. The standard InChI is InChI=1S/C20H29F3O2/c1-4-19(3,20(21,22)23)17-10-12-18(13-11-17)25-15(2)24-14-16-8-6-5-7-9-16/h10-13,15-16H,4-9,14H2,1-3H3. The normalized spacial score (nSPS) is 20.1. The molecule has 1 aromatic rings. The van der Waals surface area contributed by atoms with Crippen molar-refractivity contribution in [2.45, 2.75) is 77.2 Å². The van der Waals surface area contributed by atoms with Crippen molar-refractivity contribution in [1.82, 2.24) is 0 Å². The minimum absolute atomic E-state index is 0.00237. The summed E-state index contributed by atoms with van der Waals surface area (Å²) in [6.45, 7) is 5.29. The smallest absolute Gasteiger partial charge is 0.398 e. The van der Waals surface area contributed by atoms with Crippen molar-refractivity contribution in [3.63, 3.8) is 0 Å². The zero-order chi connectivity index (χ0) is 18.5. The minimum atomic E-state index is -4.28. The molecule has 2 nitrogen and oxygen atoms in total. The average Bonchev–Trinajstić information content (AvgIpc) is 2.60. The Morgan fingerprint density at radius 3 is 2.20 bits per heavy atom. The second-order valence-corrected chi connectivity index (χ2v) is 7.23. The van der Waals surface area contributed by atoms with Crippen LogP contribution in [0.15, 0.2) is 24.3 Å². The summed E-state index contributed by atoms with van der Waals surface area (Å²) in [5.41, 5.74) is -1.58. The fourth-order valence-corrected chi connectivity index (χ4v) is 3.32. The maximum atomic E-state index is 13.3. The third-order valence-electron chi connectivity index (χ3n) is 5.42. The summed E-state index contributed by atoms with van der Waals surface area (Å²) < 4.78 is 51.4. The van der Waals surface area contributed by atoms with Gasteiger partial charge in [-0.1, -0.05) is 38.3 Å². The van der Waals surface area contributed by atoms with Crippen LogP contribution in [0.5, 0.6) is 5.75 Å². The zero-order valence-corrected chi connectivity index (χ0v) is 15.4. The summed E-state index contributed by atoms with van der Waals surface area (Å²) in [7, 11) is 0. The van der Waals surface area contributed by atoms with E-state index in [1.54, 1.807) is 19.1 Å². The van der Waals surface area contributed by atoms with E-state index in [9.17, 15) is 13.2 Å². The lowest BCUT2D eigenvalue weighted by Crippen LogP contribution is -2.38. The Kier molecular flexibility index (Phi) is 6.78. The van der Waals surface area contributed by atoms with Gasteiger partial charge in [0.05, 0.1) is 12.0 Å². The highest BCUT2D eigenvalue weighted by atomic mass is 19.4. The van der Waals surface area contributed by atoms with Crippen molar-refractivity contribution < 1.29 is 22.6 Å². The second kappa shape index (κ2) is 8.43. The van der Waals surface area contributed by atoms with Crippen LogP contribution in [0.1, 0.15) is 64.9 Å². The van der Waals surface area contributed by atoms with E-state index in [0.717, 1.165) is 0 Å². The molecule has 0 heterocycles. The Balaban J connectivity index is 1.91. The fraction of sp³-hybridized carbons (Fsp3) is 0.700. The molecule has 2 atom stereocenters. The lowest BCUT2D eigenvalue weighted by atomic mass is 9.79. The van der Waals surface area contributed by atoms with Crippen molar-refractivity contribution in [1.29, 1.82) is 0 Å². The van der Waals surface area contributed by atoms with Gasteiger partial charge < -0.3 is 9.47 Å². The Labute approximate surface area is 148 Å². The maximum absolute atomic E-state index is 13.3. The first kappa shape index (κ1) is 20.1. The van der Waals surface area contributed by atoms with Crippen molar-refractivity contribution in [3.8, 4) is 5.75 Å². The molecule has 1 saturated carbocycles. The molecular weight excluding hydrogens is 329 g/mol. The molecule has 1 fully saturated rings. The molecule has 142 valence electrons. The number of hydrogen-bond donors (Lipinski definition) is 0.